The molecule has 0 amide bonds. The number of rotatable bonds is 2. The maximum atomic E-state index is 5.97. The summed E-state index contributed by atoms with van der Waals surface area (Å²) in [7, 11) is 1.87. The molecule has 0 bridgehead atoms. The van der Waals surface area contributed by atoms with Gasteiger partial charge in [0.2, 0.25) is 0 Å². The topological polar surface area (TPSA) is 81.7 Å². The molecule has 2 aromatic rings. The molecule has 0 unspecified atom stereocenters. The molecule has 0 fully saturated rings. The van der Waals surface area contributed by atoms with Gasteiger partial charge in [0.1, 0.15) is 17.5 Å². The SMILES string of the molecule is Cc1c(N)nc(C(C)(C)C)nc1Nc1cnn(C)c1. The Bertz CT molecular complexity index is 594. The van der Waals surface area contributed by atoms with E-state index in [0.717, 1.165) is 22.9 Å². The fourth-order valence-corrected chi connectivity index (χ4v) is 1.61. The van der Waals surface area contributed by atoms with Gasteiger partial charge in [-0.2, -0.15) is 5.10 Å². The van der Waals surface area contributed by atoms with Gasteiger partial charge in [0, 0.05) is 24.2 Å². The number of nitrogen functional groups attached to an aromatic ring is 1. The number of nitrogens with two attached hydrogens (primary N) is 1. The molecule has 6 heteroatoms. The van der Waals surface area contributed by atoms with Gasteiger partial charge < -0.3 is 11.1 Å². The summed E-state index contributed by atoms with van der Waals surface area (Å²) >= 11 is 0. The molecule has 2 aromatic heterocycles. The Balaban J connectivity index is 2.41. The Morgan fingerprint density at radius 2 is 1.95 bits per heavy atom. The summed E-state index contributed by atoms with van der Waals surface area (Å²) in [6.07, 6.45) is 3.63. The molecule has 0 radical (unpaired) electrons. The third kappa shape index (κ3) is 2.83. The Labute approximate surface area is 113 Å². The highest BCUT2D eigenvalue weighted by atomic mass is 15.3. The molecule has 0 aliphatic carbocycles. The lowest BCUT2D eigenvalue weighted by Crippen LogP contribution is -2.18. The lowest BCUT2D eigenvalue weighted by atomic mass is 9.95. The Kier molecular flexibility index (Phi) is 3.18. The average molecular weight is 260 g/mol. The molecule has 6 nitrogen and oxygen atoms in total. The van der Waals surface area contributed by atoms with Crippen LogP contribution in [0.4, 0.5) is 17.3 Å². The van der Waals surface area contributed by atoms with Gasteiger partial charge in [0.15, 0.2) is 0 Å². The summed E-state index contributed by atoms with van der Waals surface area (Å²) in [4.78, 5) is 8.93. The third-order valence-corrected chi connectivity index (χ3v) is 2.82. The lowest BCUT2D eigenvalue weighted by Gasteiger charge is -2.19. The van der Waals surface area contributed by atoms with Crippen LogP contribution in [0.2, 0.25) is 0 Å². The van der Waals surface area contributed by atoms with Gasteiger partial charge in [-0.3, -0.25) is 4.68 Å². The van der Waals surface area contributed by atoms with Crippen LogP contribution in [0.1, 0.15) is 32.2 Å². The molecule has 19 heavy (non-hydrogen) atoms. The monoisotopic (exact) mass is 260 g/mol. The second-order valence-electron chi connectivity index (χ2n) is 5.68. The van der Waals surface area contributed by atoms with Gasteiger partial charge in [0.25, 0.3) is 0 Å². The van der Waals surface area contributed by atoms with Crippen LogP contribution in [0.25, 0.3) is 0 Å². The largest absolute Gasteiger partial charge is 0.383 e. The summed E-state index contributed by atoms with van der Waals surface area (Å²) in [5.74, 6) is 1.96. The highest BCUT2D eigenvalue weighted by molar-refractivity contribution is 5.62. The maximum absolute atomic E-state index is 5.97. The van der Waals surface area contributed by atoms with Crippen LogP contribution in [0.5, 0.6) is 0 Å². The first kappa shape index (κ1) is 13.3. The normalized spacial score (nSPS) is 11.6. The van der Waals surface area contributed by atoms with Crippen molar-refractivity contribution in [2.45, 2.75) is 33.1 Å². The van der Waals surface area contributed by atoms with E-state index < -0.39 is 0 Å². The van der Waals surface area contributed by atoms with Gasteiger partial charge in [-0.05, 0) is 6.92 Å². The summed E-state index contributed by atoms with van der Waals surface area (Å²) in [5.41, 5.74) is 7.54. The van der Waals surface area contributed by atoms with Crippen molar-refractivity contribution in [3.8, 4) is 0 Å². The zero-order valence-electron chi connectivity index (χ0n) is 12.0. The number of aromatic nitrogens is 4. The van der Waals surface area contributed by atoms with E-state index in [-0.39, 0.29) is 5.41 Å². The summed E-state index contributed by atoms with van der Waals surface area (Å²) in [6, 6.07) is 0. The minimum atomic E-state index is -0.146. The van der Waals surface area contributed by atoms with Crippen molar-refractivity contribution >= 4 is 17.3 Å². The first-order chi connectivity index (χ1) is 8.77. The Morgan fingerprint density at radius 1 is 1.26 bits per heavy atom. The molecule has 3 N–H and O–H groups in total. The number of hydrogen-bond donors (Lipinski definition) is 2. The van der Waals surface area contributed by atoms with Gasteiger partial charge in [-0.1, -0.05) is 20.8 Å². The van der Waals surface area contributed by atoms with E-state index in [1.807, 2.05) is 20.2 Å². The highest BCUT2D eigenvalue weighted by Crippen LogP contribution is 2.26. The highest BCUT2D eigenvalue weighted by Gasteiger charge is 2.20. The Hall–Kier alpha value is -2.11. The van der Waals surface area contributed by atoms with E-state index >= 15 is 0 Å². The third-order valence-electron chi connectivity index (χ3n) is 2.82. The van der Waals surface area contributed by atoms with Crippen LogP contribution in [-0.4, -0.2) is 19.7 Å². The molecule has 0 saturated carbocycles. The molecular formula is C13H20N6. The van der Waals surface area contributed by atoms with Crippen molar-refractivity contribution in [3.63, 3.8) is 0 Å². The van der Waals surface area contributed by atoms with Crippen molar-refractivity contribution in [2.24, 2.45) is 7.05 Å². The maximum Gasteiger partial charge on any atom is 0.139 e. The fourth-order valence-electron chi connectivity index (χ4n) is 1.61. The van der Waals surface area contributed by atoms with Crippen LogP contribution < -0.4 is 11.1 Å². The van der Waals surface area contributed by atoms with Crippen molar-refractivity contribution in [1.82, 2.24) is 19.7 Å². The van der Waals surface area contributed by atoms with Crippen LogP contribution in [-0.2, 0) is 12.5 Å². The summed E-state index contributed by atoms with van der Waals surface area (Å²) < 4.78 is 1.73. The quantitative estimate of drug-likeness (QED) is 0.864. The molecule has 102 valence electrons. The van der Waals surface area contributed by atoms with E-state index in [2.05, 4.69) is 41.2 Å². The first-order valence-corrected chi connectivity index (χ1v) is 6.17. The molecule has 2 heterocycles. The number of anilines is 3. The predicted octanol–water partition coefficient (Wildman–Crippen LogP) is 2.14. The minimum Gasteiger partial charge on any atom is -0.383 e. The standard InChI is InChI=1S/C13H20N6/c1-8-10(14)17-12(13(2,3)4)18-11(8)16-9-6-15-19(5)7-9/h6-7H,1-5H3,(H3,14,16,17,18). The first-order valence-electron chi connectivity index (χ1n) is 6.17. The number of nitrogens with zero attached hydrogens (tertiary/aromatic N) is 4. The fraction of sp³-hybridized carbons (Fsp3) is 0.462. The molecule has 2 rings (SSSR count). The smallest absolute Gasteiger partial charge is 0.139 e. The van der Waals surface area contributed by atoms with Crippen molar-refractivity contribution in [3.05, 3.63) is 23.8 Å². The molecule has 0 atom stereocenters. The second-order valence-corrected chi connectivity index (χ2v) is 5.68. The summed E-state index contributed by atoms with van der Waals surface area (Å²) in [5, 5.41) is 7.35. The van der Waals surface area contributed by atoms with Crippen molar-refractivity contribution in [1.29, 1.82) is 0 Å². The van der Waals surface area contributed by atoms with Gasteiger partial charge in [-0.25, -0.2) is 9.97 Å². The number of hydrogen-bond acceptors (Lipinski definition) is 5. The second kappa shape index (κ2) is 4.53. The molecule has 0 saturated heterocycles. The van der Waals surface area contributed by atoms with E-state index in [0.29, 0.717) is 5.82 Å². The van der Waals surface area contributed by atoms with E-state index in [4.69, 9.17) is 5.73 Å². The van der Waals surface area contributed by atoms with Crippen LogP contribution in [0.3, 0.4) is 0 Å². The van der Waals surface area contributed by atoms with E-state index in [1.165, 1.54) is 0 Å². The van der Waals surface area contributed by atoms with Crippen molar-refractivity contribution < 1.29 is 0 Å². The van der Waals surface area contributed by atoms with Crippen LogP contribution >= 0.6 is 0 Å². The predicted molar refractivity (Wildman–Crippen MR) is 76.4 cm³/mol. The van der Waals surface area contributed by atoms with Crippen molar-refractivity contribution in [2.75, 3.05) is 11.1 Å². The minimum absolute atomic E-state index is 0.146. The molecular weight excluding hydrogens is 240 g/mol. The zero-order chi connectivity index (χ0) is 14.2. The molecule has 0 spiro atoms. The zero-order valence-corrected chi connectivity index (χ0v) is 12.0. The van der Waals surface area contributed by atoms with Gasteiger partial charge >= 0.3 is 0 Å². The molecule has 0 aromatic carbocycles. The van der Waals surface area contributed by atoms with Crippen LogP contribution in [0.15, 0.2) is 12.4 Å². The molecule has 0 aliphatic heterocycles. The number of nitrogens with one attached hydrogen (secondary N) is 1. The average Bonchev–Trinajstić information content (AvgIpc) is 2.69. The lowest BCUT2D eigenvalue weighted by molar-refractivity contribution is 0.546. The summed E-state index contributed by atoms with van der Waals surface area (Å²) in [6.45, 7) is 8.08. The molecule has 0 aliphatic rings. The Morgan fingerprint density at radius 3 is 2.47 bits per heavy atom. The van der Waals surface area contributed by atoms with Gasteiger partial charge in [0.05, 0.1) is 11.9 Å². The van der Waals surface area contributed by atoms with Gasteiger partial charge in [-0.15, -0.1) is 0 Å². The van der Waals surface area contributed by atoms with Crippen LogP contribution in [0, 0.1) is 6.92 Å². The van der Waals surface area contributed by atoms with E-state index in [9.17, 15) is 0 Å². The van der Waals surface area contributed by atoms with E-state index in [1.54, 1.807) is 10.9 Å². The number of aryl methyl sites for hydroxylation is 1.